The Morgan fingerprint density at radius 1 is 0.736 bits per heavy atom. The lowest BCUT2D eigenvalue weighted by atomic mass is 10.1. The number of ether oxygens (including phenoxy) is 2. The fraction of sp³-hybridized carbons (Fsp3) is 0.520. The SMILES string of the molecule is CCCCCCNC1CCN(S(=O)(=O)c2sc(CNC(=O)c3cccc(OC)c3)cc2C(=O)OCC)CC1.CCCCCCNC1C[C@@H](C(=O)O)N(S(=O)(=O)c2ccc(CNC(=O)c3ccc(Cl)cc3)s2)C1. The molecule has 72 heavy (non-hydrogen) atoms. The summed E-state index contributed by atoms with van der Waals surface area (Å²) in [5, 5.41) is 22.6. The van der Waals surface area contributed by atoms with E-state index in [4.69, 9.17) is 21.1 Å². The van der Waals surface area contributed by atoms with Crippen molar-refractivity contribution < 1.29 is 50.6 Å². The maximum Gasteiger partial charge on any atom is 0.340 e. The lowest BCUT2D eigenvalue weighted by Crippen LogP contribution is -2.45. The number of nitrogens with one attached hydrogen (secondary N) is 4. The third kappa shape index (κ3) is 16.8. The summed E-state index contributed by atoms with van der Waals surface area (Å²) < 4.78 is 66.6. The Kier molecular flexibility index (Phi) is 23.4. The van der Waals surface area contributed by atoms with Gasteiger partial charge in [-0.15, -0.1) is 22.7 Å². The van der Waals surface area contributed by atoms with Crippen LogP contribution in [0.5, 0.6) is 5.75 Å². The fourth-order valence-corrected chi connectivity index (χ4v) is 14.6. The largest absolute Gasteiger partial charge is 0.497 e. The summed E-state index contributed by atoms with van der Waals surface area (Å²) >= 11 is 7.86. The molecule has 2 aromatic heterocycles. The van der Waals surface area contributed by atoms with Crippen molar-refractivity contribution in [2.75, 3.05) is 46.4 Å². The number of piperidine rings is 1. The Balaban J connectivity index is 0.000000269. The van der Waals surface area contributed by atoms with Gasteiger partial charge in [-0.2, -0.15) is 8.61 Å². The van der Waals surface area contributed by atoms with Crippen LogP contribution in [0.15, 0.2) is 75.1 Å². The van der Waals surface area contributed by atoms with Gasteiger partial charge in [-0.05, 0) is 113 Å². The van der Waals surface area contributed by atoms with E-state index in [0.29, 0.717) is 50.8 Å². The number of thiophene rings is 2. The van der Waals surface area contributed by atoms with Crippen LogP contribution in [-0.4, -0.2) is 119 Å². The predicted octanol–water partition coefficient (Wildman–Crippen LogP) is 7.90. The molecule has 4 heterocycles. The number of carboxylic acid groups (broad SMARTS) is 1. The van der Waals surface area contributed by atoms with E-state index in [9.17, 15) is 41.1 Å². The number of aliphatic carboxylic acids is 1. The van der Waals surface area contributed by atoms with Crippen LogP contribution < -0.4 is 26.0 Å². The zero-order valence-corrected chi connectivity index (χ0v) is 45.5. The van der Waals surface area contributed by atoms with Gasteiger partial charge in [0.25, 0.3) is 31.9 Å². The molecule has 1 unspecified atom stereocenters. The topological polar surface area (TPSA) is 230 Å². The van der Waals surface area contributed by atoms with Gasteiger partial charge in [-0.25, -0.2) is 21.6 Å². The van der Waals surface area contributed by atoms with Crippen molar-refractivity contribution in [2.24, 2.45) is 0 Å². The molecule has 2 aliphatic rings. The molecule has 2 amide bonds. The van der Waals surface area contributed by atoms with Crippen LogP contribution in [0.1, 0.15) is 132 Å². The molecular formula is C50H69ClN6O11S4. The molecule has 17 nitrogen and oxygen atoms in total. The molecule has 2 saturated heterocycles. The van der Waals surface area contributed by atoms with Crippen molar-refractivity contribution in [2.45, 2.75) is 131 Å². The van der Waals surface area contributed by atoms with Crippen LogP contribution >= 0.6 is 34.3 Å². The predicted molar refractivity (Wildman–Crippen MR) is 281 cm³/mol. The first-order valence-electron chi connectivity index (χ1n) is 24.6. The summed E-state index contributed by atoms with van der Waals surface area (Å²) in [6, 6.07) is 16.8. The Bertz CT molecular complexity index is 2620. The average molecular weight is 1090 g/mol. The summed E-state index contributed by atoms with van der Waals surface area (Å²) in [6.07, 6.45) is 10.8. The highest BCUT2D eigenvalue weighted by molar-refractivity contribution is 7.91. The number of esters is 1. The van der Waals surface area contributed by atoms with Crippen LogP contribution in [0, 0.1) is 0 Å². The minimum Gasteiger partial charge on any atom is -0.497 e. The Morgan fingerprint density at radius 3 is 1.97 bits per heavy atom. The second-order valence-electron chi connectivity index (χ2n) is 17.5. The molecule has 0 saturated carbocycles. The summed E-state index contributed by atoms with van der Waals surface area (Å²) in [5.41, 5.74) is 0.878. The van der Waals surface area contributed by atoms with Crippen molar-refractivity contribution in [3.05, 3.63) is 98.2 Å². The molecule has 2 fully saturated rings. The smallest absolute Gasteiger partial charge is 0.340 e. The molecule has 22 heteroatoms. The Morgan fingerprint density at radius 2 is 1.36 bits per heavy atom. The van der Waals surface area contributed by atoms with Gasteiger partial charge < -0.3 is 35.8 Å². The molecule has 5 N–H and O–H groups in total. The molecule has 2 aliphatic heterocycles. The summed E-state index contributed by atoms with van der Waals surface area (Å²) in [5.74, 6) is -1.90. The van der Waals surface area contributed by atoms with Gasteiger partial charge in [-0.3, -0.25) is 14.4 Å². The Labute approximate surface area is 437 Å². The summed E-state index contributed by atoms with van der Waals surface area (Å²) in [7, 11) is -6.35. The third-order valence-electron chi connectivity index (χ3n) is 12.2. The number of carbonyl (C=O) groups is 4. The van der Waals surface area contributed by atoms with Gasteiger partial charge in [-0.1, -0.05) is 70.0 Å². The zero-order valence-electron chi connectivity index (χ0n) is 41.5. The van der Waals surface area contributed by atoms with E-state index in [1.54, 1.807) is 61.5 Å². The molecule has 0 spiro atoms. The maximum absolute atomic E-state index is 13.6. The van der Waals surface area contributed by atoms with E-state index in [2.05, 4.69) is 35.1 Å². The summed E-state index contributed by atoms with van der Waals surface area (Å²) in [6.45, 7) is 8.93. The normalized spacial score (nSPS) is 16.7. The maximum atomic E-state index is 13.6. The van der Waals surface area contributed by atoms with Crippen LogP contribution in [0.2, 0.25) is 5.02 Å². The number of benzene rings is 2. The minimum absolute atomic E-state index is 0.0126. The number of carboxylic acids is 1. The van der Waals surface area contributed by atoms with E-state index in [1.165, 1.54) is 42.8 Å². The first-order chi connectivity index (χ1) is 34.5. The number of halogens is 1. The average Bonchev–Trinajstić information content (AvgIpc) is 4.16. The highest BCUT2D eigenvalue weighted by atomic mass is 35.5. The molecule has 2 atom stereocenters. The number of unbranched alkanes of at least 4 members (excludes halogenated alkanes) is 6. The first kappa shape index (κ1) is 58.4. The van der Waals surface area contributed by atoms with Crippen LogP contribution in [0.4, 0.5) is 0 Å². The van der Waals surface area contributed by atoms with Gasteiger partial charge in [0, 0.05) is 57.6 Å². The van der Waals surface area contributed by atoms with Crippen molar-refractivity contribution in [1.29, 1.82) is 0 Å². The van der Waals surface area contributed by atoms with Crippen LogP contribution in [-0.2, 0) is 42.7 Å². The van der Waals surface area contributed by atoms with E-state index in [0.717, 1.165) is 85.0 Å². The van der Waals surface area contributed by atoms with E-state index < -0.39 is 38.0 Å². The van der Waals surface area contributed by atoms with Gasteiger partial charge in [0.2, 0.25) is 0 Å². The fourth-order valence-electron chi connectivity index (χ4n) is 8.24. The molecule has 4 aromatic rings. The van der Waals surface area contributed by atoms with Gasteiger partial charge in [0.05, 0.1) is 32.4 Å². The lowest BCUT2D eigenvalue weighted by Gasteiger charge is -2.31. The number of hydrogen-bond donors (Lipinski definition) is 5. The number of hydrogen-bond acceptors (Lipinski definition) is 14. The number of rotatable bonds is 26. The van der Waals surface area contributed by atoms with Gasteiger partial charge in [0.15, 0.2) is 0 Å². The van der Waals surface area contributed by atoms with Crippen LogP contribution in [0.25, 0.3) is 0 Å². The van der Waals surface area contributed by atoms with E-state index >= 15 is 0 Å². The highest BCUT2D eigenvalue weighted by Gasteiger charge is 2.44. The monoisotopic (exact) mass is 1090 g/mol. The van der Waals surface area contributed by atoms with Crippen molar-refractivity contribution >= 4 is 78.1 Å². The van der Waals surface area contributed by atoms with Crippen LogP contribution in [0.3, 0.4) is 0 Å². The summed E-state index contributed by atoms with van der Waals surface area (Å²) in [4.78, 5) is 50.6. The van der Waals surface area contributed by atoms with Crippen molar-refractivity contribution in [3.8, 4) is 5.75 Å². The molecule has 6 rings (SSSR count). The number of amides is 2. The molecule has 0 aliphatic carbocycles. The zero-order chi connectivity index (χ0) is 52.3. The van der Waals surface area contributed by atoms with E-state index in [-0.39, 0.29) is 64.5 Å². The first-order valence-corrected chi connectivity index (χ1v) is 29.5. The molecule has 0 radical (unpaired) electrons. The third-order valence-corrected chi connectivity index (χ3v) is 19.4. The molecular weight excluding hydrogens is 1020 g/mol. The number of sulfonamides is 2. The number of carbonyl (C=O) groups excluding carboxylic acids is 3. The number of methoxy groups -OCH3 is 1. The van der Waals surface area contributed by atoms with Gasteiger partial charge in [0.1, 0.15) is 20.2 Å². The van der Waals surface area contributed by atoms with Gasteiger partial charge >= 0.3 is 11.9 Å². The van der Waals surface area contributed by atoms with Crippen molar-refractivity contribution in [1.82, 2.24) is 29.9 Å². The van der Waals surface area contributed by atoms with Crippen molar-refractivity contribution in [3.63, 3.8) is 0 Å². The second kappa shape index (κ2) is 28.9. The lowest BCUT2D eigenvalue weighted by molar-refractivity contribution is -0.140. The molecule has 396 valence electrons. The number of nitrogens with zero attached hydrogens (tertiary/aromatic N) is 2. The Hall–Kier alpha value is -4.45. The standard InChI is InChI=1S/C27H39N3O6S2.C23H30ClN3O5S2/c1-4-6-7-8-14-28-21-12-15-30(16-13-21)38(33,34)27-24(26(32)36-5-2)18-23(37-27)19-29-25(31)20-10-9-11-22(17-20)35-3;1-2-3-4-5-12-25-18-13-20(23(29)30)27(15-18)34(31,32)21-11-10-19(33-21)14-26-22(28)16-6-8-17(24)9-7-16/h9-11,17-18,21,28H,4-8,12-16,19H2,1-3H3,(H,29,31);6-11,18,20,25H,2-5,12-15H2,1H3,(H,26,28)(H,29,30)/t;18?,20-/m.0/s1. The quantitative estimate of drug-likeness (QED) is 0.0298. The second-order valence-corrected chi connectivity index (χ2v) is 24.5. The highest BCUT2D eigenvalue weighted by Crippen LogP contribution is 2.33. The minimum atomic E-state index is -3.98. The molecule has 2 aromatic carbocycles. The molecule has 0 bridgehead atoms. The van der Waals surface area contributed by atoms with E-state index in [1.807, 2.05) is 0 Å².